The van der Waals surface area contributed by atoms with E-state index in [1.54, 1.807) is 7.05 Å². The average Bonchev–Trinajstić information content (AvgIpc) is 3.17. The van der Waals surface area contributed by atoms with E-state index in [0.29, 0.717) is 28.7 Å². The van der Waals surface area contributed by atoms with Crippen LogP contribution in [-0.2, 0) is 20.1 Å². The Hall–Kier alpha value is -3.32. The number of benzene rings is 2. The van der Waals surface area contributed by atoms with E-state index < -0.39 is 0 Å². The van der Waals surface area contributed by atoms with Gasteiger partial charge >= 0.3 is 5.69 Å². The molecule has 1 aliphatic rings. The SMILES string of the molecule is Cc1ccc(Cn2c(=O)c3c(nc4n3C[C@H](C)CN4c3cc(Cl)ccc3C)n(C)c2=O)cc1. The lowest BCUT2D eigenvalue weighted by Crippen LogP contribution is -2.40. The van der Waals surface area contributed by atoms with Crippen LogP contribution in [0.25, 0.3) is 11.2 Å². The van der Waals surface area contributed by atoms with Crippen LogP contribution in [0.3, 0.4) is 0 Å². The summed E-state index contributed by atoms with van der Waals surface area (Å²) < 4.78 is 4.73. The molecule has 0 unspecified atom stereocenters. The predicted octanol–water partition coefficient (Wildman–Crippen LogP) is 4.00. The van der Waals surface area contributed by atoms with Crippen molar-refractivity contribution in [1.82, 2.24) is 18.7 Å². The van der Waals surface area contributed by atoms with Gasteiger partial charge in [0, 0.05) is 30.8 Å². The molecular formula is C25H26ClN5O2. The molecule has 1 aliphatic heterocycles. The fourth-order valence-corrected chi connectivity index (χ4v) is 4.76. The van der Waals surface area contributed by atoms with Gasteiger partial charge in [0.25, 0.3) is 5.56 Å². The molecule has 2 aromatic carbocycles. The van der Waals surface area contributed by atoms with Crippen LogP contribution >= 0.6 is 11.6 Å². The third-order valence-corrected chi connectivity index (χ3v) is 6.60. The van der Waals surface area contributed by atoms with Crippen molar-refractivity contribution in [1.29, 1.82) is 0 Å². The summed E-state index contributed by atoms with van der Waals surface area (Å²) >= 11 is 6.30. The molecule has 0 radical (unpaired) electrons. The van der Waals surface area contributed by atoms with Crippen LogP contribution in [0.5, 0.6) is 0 Å². The number of hydrogen-bond acceptors (Lipinski definition) is 4. The number of anilines is 2. The summed E-state index contributed by atoms with van der Waals surface area (Å²) in [5, 5.41) is 0.643. The van der Waals surface area contributed by atoms with Gasteiger partial charge in [0.15, 0.2) is 11.2 Å². The number of aromatic nitrogens is 4. The average molecular weight is 464 g/mol. The van der Waals surface area contributed by atoms with Crippen LogP contribution < -0.4 is 16.1 Å². The van der Waals surface area contributed by atoms with Crippen LogP contribution in [0.1, 0.15) is 23.6 Å². The number of imidazole rings is 1. The molecule has 0 aliphatic carbocycles. The Labute approximate surface area is 196 Å². The van der Waals surface area contributed by atoms with E-state index in [-0.39, 0.29) is 23.7 Å². The van der Waals surface area contributed by atoms with Gasteiger partial charge in [-0.3, -0.25) is 13.9 Å². The number of aryl methyl sites for hydroxylation is 3. The Balaban J connectivity index is 1.73. The van der Waals surface area contributed by atoms with E-state index in [9.17, 15) is 9.59 Å². The highest BCUT2D eigenvalue weighted by atomic mass is 35.5. The monoisotopic (exact) mass is 463 g/mol. The van der Waals surface area contributed by atoms with E-state index in [4.69, 9.17) is 16.6 Å². The van der Waals surface area contributed by atoms with Gasteiger partial charge in [-0.15, -0.1) is 0 Å². The second-order valence-corrected chi connectivity index (χ2v) is 9.50. The highest BCUT2D eigenvalue weighted by Crippen LogP contribution is 2.35. The minimum Gasteiger partial charge on any atom is -0.311 e. The van der Waals surface area contributed by atoms with Gasteiger partial charge in [0.05, 0.1) is 6.54 Å². The molecule has 0 N–H and O–H groups in total. The van der Waals surface area contributed by atoms with Crippen LogP contribution in [0, 0.1) is 19.8 Å². The van der Waals surface area contributed by atoms with E-state index in [0.717, 1.165) is 28.9 Å². The Kier molecular flexibility index (Phi) is 5.16. The first-order valence-corrected chi connectivity index (χ1v) is 11.4. The maximum Gasteiger partial charge on any atom is 0.332 e. The molecule has 0 fully saturated rings. The summed E-state index contributed by atoms with van der Waals surface area (Å²) in [7, 11) is 1.67. The summed E-state index contributed by atoms with van der Waals surface area (Å²) in [6.07, 6.45) is 0. The molecule has 0 bridgehead atoms. The lowest BCUT2D eigenvalue weighted by Gasteiger charge is -2.33. The Morgan fingerprint density at radius 1 is 1.06 bits per heavy atom. The normalized spacial score (nSPS) is 15.8. The highest BCUT2D eigenvalue weighted by Gasteiger charge is 2.30. The van der Waals surface area contributed by atoms with E-state index in [1.807, 2.05) is 60.9 Å². The summed E-state index contributed by atoms with van der Waals surface area (Å²) in [6, 6.07) is 13.6. The molecule has 0 amide bonds. The molecular weight excluding hydrogens is 438 g/mol. The first-order valence-electron chi connectivity index (χ1n) is 11.0. The van der Waals surface area contributed by atoms with Gasteiger partial charge in [-0.05, 0) is 43.0 Å². The molecule has 1 atom stereocenters. The van der Waals surface area contributed by atoms with E-state index in [2.05, 4.69) is 11.8 Å². The molecule has 0 spiro atoms. The summed E-state index contributed by atoms with van der Waals surface area (Å²) in [4.78, 5) is 33.7. The van der Waals surface area contributed by atoms with Crippen LogP contribution in [0.15, 0.2) is 52.1 Å². The van der Waals surface area contributed by atoms with E-state index >= 15 is 0 Å². The maximum atomic E-state index is 13.6. The van der Waals surface area contributed by atoms with Crippen molar-refractivity contribution in [2.75, 3.05) is 11.4 Å². The van der Waals surface area contributed by atoms with Crippen molar-refractivity contribution >= 4 is 34.4 Å². The highest BCUT2D eigenvalue weighted by molar-refractivity contribution is 6.30. The Morgan fingerprint density at radius 2 is 1.79 bits per heavy atom. The third-order valence-electron chi connectivity index (χ3n) is 6.37. The van der Waals surface area contributed by atoms with Gasteiger partial charge in [-0.1, -0.05) is 54.4 Å². The second kappa shape index (κ2) is 7.92. The molecule has 33 heavy (non-hydrogen) atoms. The minimum absolute atomic E-state index is 0.217. The largest absolute Gasteiger partial charge is 0.332 e. The van der Waals surface area contributed by atoms with Gasteiger partial charge < -0.3 is 9.47 Å². The quantitative estimate of drug-likeness (QED) is 0.460. The fraction of sp³-hybridized carbons (Fsp3) is 0.320. The van der Waals surface area contributed by atoms with E-state index in [1.165, 1.54) is 9.13 Å². The zero-order valence-electron chi connectivity index (χ0n) is 19.2. The Bertz CT molecular complexity index is 1500. The number of halogens is 1. The van der Waals surface area contributed by atoms with Crippen LogP contribution in [0.4, 0.5) is 11.6 Å². The standard InChI is InChI=1S/C25H26ClN5O2/c1-15-5-8-18(9-6-15)14-31-23(32)21-22(28(4)25(31)33)27-24-29(12-16(2)13-30(21)24)20-11-19(26)10-7-17(20)3/h5-11,16H,12-14H2,1-4H3/t16-/m1/s1. The molecule has 7 nitrogen and oxygen atoms in total. The number of rotatable bonds is 3. The summed E-state index contributed by atoms with van der Waals surface area (Å²) in [5.41, 5.74) is 4.22. The molecule has 5 rings (SSSR count). The van der Waals surface area contributed by atoms with Crippen molar-refractivity contribution < 1.29 is 0 Å². The van der Waals surface area contributed by atoms with Crippen molar-refractivity contribution in [2.24, 2.45) is 13.0 Å². The van der Waals surface area contributed by atoms with Gasteiger partial charge in [0.1, 0.15) is 0 Å². The lowest BCUT2D eigenvalue weighted by molar-refractivity contribution is 0.457. The number of fused-ring (bicyclic) bond motifs is 3. The molecule has 3 heterocycles. The van der Waals surface area contributed by atoms with Crippen molar-refractivity contribution in [3.63, 3.8) is 0 Å². The van der Waals surface area contributed by atoms with Gasteiger partial charge in [-0.25, -0.2) is 4.79 Å². The predicted molar refractivity (Wildman–Crippen MR) is 132 cm³/mol. The number of nitrogens with zero attached hydrogens (tertiary/aromatic N) is 5. The zero-order valence-corrected chi connectivity index (χ0v) is 19.9. The molecule has 2 aromatic heterocycles. The van der Waals surface area contributed by atoms with Gasteiger partial charge in [-0.2, -0.15) is 4.98 Å². The topological polar surface area (TPSA) is 65.1 Å². The number of hydrogen-bond donors (Lipinski definition) is 0. The van der Waals surface area contributed by atoms with Crippen LogP contribution in [-0.4, -0.2) is 25.2 Å². The molecule has 8 heteroatoms. The van der Waals surface area contributed by atoms with Gasteiger partial charge in [0.2, 0.25) is 5.95 Å². The first-order chi connectivity index (χ1) is 15.7. The van der Waals surface area contributed by atoms with Crippen LogP contribution in [0.2, 0.25) is 5.02 Å². The van der Waals surface area contributed by atoms with Crippen molar-refractivity contribution in [3.8, 4) is 0 Å². The molecule has 0 saturated carbocycles. The Morgan fingerprint density at radius 3 is 2.52 bits per heavy atom. The molecule has 170 valence electrons. The van der Waals surface area contributed by atoms with Crippen molar-refractivity contribution in [2.45, 2.75) is 33.9 Å². The minimum atomic E-state index is -0.373. The lowest BCUT2D eigenvalue weighted by atomic mass is 10.1. The smallest absolute Gasteiger partial charge is 0.311 e. The maximum absolute atomic E-state index is 13.6. The molecule has 0 saturated heterocycles. The summed E-state index contributed by atoms with van der Waals surface area (Å²) in [6.45, 7) is 7.80. The second-order valence-electron chi connectivity index (χ2n) is 9.06. The zero-order chi connectivity index (χ0) is 23.4. The summed E-state index contributed by atoms with van der Waals surface area (Å²) in [5.74, 6) is 0.934. The molecule has 4 aromatic rings. The first kappa shape index (κ1) is 21.5. The third kappa shape index (κ3) is 3.56. The fourth-order valence-electron chi connectivity index (χ4n) is 4.60. The van der Waals surface area contributed by atoms with Crippen molar-refractivity contribution in [3.05, 3.63) is 85.0 Å².